The molecule has 1 heterocycles. The van der Waals surface area contributed by atoms with Gasteiger partial charge >= 0.3 is 0 Å². The molecule has 1 aromatic heterocycles. The van der Waals surface area contributed by atoms with Gasteiger partial charge in [0.2, 0.25) is 0 Å². The first kappa shape index (κ1) is 15.2. The molecule has 25 heavy (non-hydrogen) atoms. The van der Waals surface area contributed by atoms with E-state index in [1.165, 1.54) is 0 Å². The number of methoxy groups -OCH3 is 1. The molecule has 0 radical (unpaired) electrons. The van der Waals surface area contributed by atoms with Crippen molar-refractivity contribution in [1.82, 2.24) is 4.98 Å². The maximum Gasteiger partial charge on any atom is 0.185 e. The molecular weight excluding hydrogens is 310 g/mol. The monoisotopic (exact) mass is 327 g/mol. The van der Waals surface area contributed by atoms with Crippen molar-refractivity contribution < 1.29 is 9.53 Å². The van der Waals surface area contributed by atoms with E-state index in [-0.39, 0.29) is 5.78 Å². The van der Waals surface area contributed by atoms with Crippen molar-refractivity contribution in [2.24, 2.45) is 0 Å². The van der Waals surface area contributed by atoms with E-state index in [1.54, 1.807) is 13.2 Å². The summed E-state index contributed by atoms with van der Waals surface area (Å²) in [7, 11) is 1.63. The van der Waals surface area contributed by atoms with Crippen LogP contribution in [0.1, 0.15) is 15.9 Å². The molecule has 0 spiro atoms. The third-order valence-corrected chi connectivity index (χ3v) is 4.33. The van der Waals surface area contributed by atoms with Crippen molar-refractivity contribution in [1.29, 1.82) is 0 Å². The van der Waals surface area contributed by atoms with Crippen molar-refractivity contribution in [3.63, 3.8) is 0 Å². The summed E-state index contributed by atoms with van der Waals surface area (Å²) in [4.78, 5) is 15.9. The molecule has 0 bridgehead atoms. The van der Waals surface area contributed by atoms with Crippen LogP contribution in [0.5, 0.6) is 5.75 Å². The minimum Gasteiger partial charge on any atom is -0.497 e. The Morgan fingerprint density at radius 3 is 2.48 bits per heavy atom. The fourth-order valence-corrected chi connectivity index (χ4v) is 2.98. The molecule has 4 rings (SSSR count). The van der Waals surface area contributed by atoms with E-state index in [4.69, 9.17) is 4.74 Å². The van der Waals surface area contributed by atoms with Crippen LogP contribution in [0.3, 0.4) is 0 Å². The van der Waals surface area contributed by atoms with Crippen LogP contribution in [-0.2, 0) is 0 Å². The number of ether oxygens (including phenoxy) is 1. The molecule has 3 heteroatoms. The fraction of sp³-hybridized carbons (Fsp3) is 0.0455. The van der Waals surface area contributed by atoms with Gasteiger partial charge in [-0.2, -0.15) is 0 Å². The van der Waals surface area contributed by atoms with Crippen LogP contribution in [-0.4, -0.2) is 17.9 Å². The molecule has 122 valence electrons. The molecule has 3 nitrogen and oxygen atoms in total. The van der Waals surface area contributed by atoms with Gasteiger partial charge in [0.05, 0.1) is 7.11 Å². The summed E-state index contributed by atoms with van der Waals surface area (Å²) in [6, 6.07) is 21.5. The largest absolute Gasteiger partial charge is 0.497 e. The maximum absolute atomic E-state index is 12.5. The van der Waals surface area contributed by atoms with Crippen molar-refractivity contribution in [3.05, 3.63) is 83.9 Å². The minimum absolute atomic E-state index is 0.0111. The summed E-state index contributed by atoms with van der Waals surface area (Å²) in [5.41, 5.74) is 3.76. The Hall–Kier alpha value is -3.33. The number of H-pyrrole nitrogens is 1. The first-order valence-corrected chi connectivity index (χ1v) is 8.11. The third-order valence-electron chi connectivity index (χ3n) is 4.33. The van der Waals surface area contributed by atoms with E-state index < -0.39 is 0 Å². The van der Waals surface area contributed by atoms with Gasteiger partial charge in [0.15, 0.2) is 5.78 Å². The van der Waals surface area contributed by atoms with Crippen molar-refractivity contribution in [3.8, 4) is 5.75 Å². The van der Waals surface area contributed by atoms with Gasteiger partial charge in [0.1, 0.15) is 5.75 Å². The fourth-order valence-electron chi connectivity index (χ4n) is 2.98. The first-order chi connectivity index (χ1) is 12.2. The highest BCUT2D eigenvalue weighted by atomic mass is 16.5. The Labute approximate surface area is 145 Å². The molecular formula is C22H17NO2. The number of rotatable bonds is 4. The Bertz CT molecular complexity index is 1090. The number of nitrogens with one attached hydrogen (secondary N) is 1. The van der Waals surface area contributed by atoms with Gasteiger partial charge in [-0.3, -0.25) is 4.79 Å². The second-order valence-corrected chi connectivity index (χ2v) is 5.90. The lowest BCUT2D eigenvalue weighted by Crippen LogP contribution is -1.93. The van der Waals surface area contributed by atoms with Gasteiger partial charge in [0, 0.05) is 27.4 Å². The Morgan fingerprint density at radius 1 is 0.920 bits per heavy atom. The highest BCUT2D eigenvalue weighted by Gasteiger charge is 2.07. The quantitative estimate of drug-likeness (QED) is 0.412. The summed E-state index contributed by atoms with van der Waals surface area (Å²) >= 11 is 0. The van der Waals surface area contributed by atoms with Crippen molar-refractivity contribution in [2.45, 2.75) is 0 Å². The highest BCUT2D eigenvalue weighted by Crippen LogP contribution is 2.26. The molecule has 0 saturated heterocycles. The molecule has 0 saturated carbocycles. The number of ketones is 1. The van der Waals surface area contributed by atoms with Crippen LogP contribution < -0.4 is 4.74 Å². The predicted octanol–water partition coefficient (Wildman–Crippen LogP) is 5.23. The van der Waals surface area contributed by atoms with Gasteiger partial charge in [-0.1, -0.05) is 36.4 Å². The van der Waals surface area contributed by atoms with Crippen molar-refractivity contribution in [2.75, 3.05) is 7.11 Å². The normalized spacial score (nSPS) is 11.4. The average molecular weight is 327 g/mol. The number of fused-ring (bicyclic) bond motifs is 3. The second kappa shape index (κ2) is 6.29. The average Bonchev–Trinajstić information content (AvgIpc) is 3.04. The molecule has 4 aromatic rings. The van der Waals surface area contributed by atoms with E-state index in [0.29, 0.717) is 5.56 Å². The third kappa shape index (κ3) is 2.92. The standard InChI is InChI=1S/C22H17NO2/c1-25-17-10-6-15(7-11-17)8-13-22(24)16-9-12-21-19(14-16)18-4-2-3-5-20(18)23-21/h2-14,23H,1H3. The lowest BCUT2D eigenvalue weighted by molar-refractivity contribution is 0.104. The number of benzene rings is 3. The Balaban J connectivity index is 1.64. The topological polar surface area (TPSA) is 42.1 Å². The first-order valence-electron chi connectivity index (χ1n) is 8.11. The number of carbonyl (C=O) groups is 1. The Morgan fingerprint density at radius 2 is 1.68 bits per heavy atom. The summed E-state index contributed by atoms with van der Waals surface area (Å²) in [6.07, 6.45) is 3.43. The zero-order valence-corrected chi connectivity index (χ0v) is 13.8. The molecule has 3 aromatic carbocycles. The SMILES string of the molecule is COc1ccc(C=CC(=O)c2ccc3[nH]c4ccccc4c3c2)cc1. The number of hydrogen-bond donors (Lipinski definition) is 1. The van der Waals surface area contributed by atoms with Crippen LogP contribution in [0.15, 0.2) is 72.8 Å². The summed E-state index contributed by atoms with van der Waals surface area (Å²) in [5.74, 6) is 0.788. The van der Waals surface area contributed by atoms with Crippen LogP contribution in [0, 0.1) is 0 Å². The van der Waals surface area contributed by atoms with E-state index >= 15 is 0 Å². The number of allylic oxidation sites excluding steroid dienone is 1. The van der Waals surface area contributed by atoms with Gasteiger partial charge in [-0.15, -0.1) is 0 Å². The lowest BCUT2D eigenvalue weighted by atomic mass is 10.1. The van der Waals surface area contributed by atoms with Gasteiger partial charge < -0.3 is 9.72 Å². The lowest BCUT2D eigenvalue weighted by Gasteiger charge is -2.00. The molecule has 0 atom stereocenters. The van der Waals surface area contributed by atoms with E-state index in [9.17, 15) is 4.79 Å². The summed E-state index contributed by atoms with van der Waals surface area (Å²) < 4.78 is 5.14. The van der Waals surface area contributed by atoms with E-state index in [0.717, 1.165) is 33.1 Å². The molecule has 0 fully saturated rings. The van der Waals surface area contributed by atoms with E-state index in [2.05, 4.69) is 11.1 Å². The van der Waals surface area contributed by atoms with Gasteiger partial charge in [-0.25, -0.2) is 0 Å². The number of hydrogen-bond acceptors (Lipinski definition) is 2. The number of aromatic amines is 1. The zero-order chi connectivity index (χ0) is 17.2. The van der Waals surface area contributed by atoms with Gasteiger partial charge in [0.25, 0.3) is 0 Å². The van der Waals surface area contributed by atoms with E-state index in [1.807, 2.05) is 66.7 Å². The summed E-state index contributed by atoms with van der Waals surface area (Å²) in [5, 5.41) is 2.20. The number of para-hydroxylation sites is 1. The highest BCUT2D eigenvalue weighted by molar-refractivity contribution is 6.13. The molecule has 0 unspecified atom stereocenters. The molecule has 1 N–H and O–H groups in total. The number of aromatic nitrogens is 1. The maximum atomic E-state index is 12.5. The zero-order valence-electron chi connectivity index (χ0n) is 13.8. The molecule has 0 aliphatic rings. The van der Waals surface area contributed by atoms with Gasteiger partial charge in [-0.05, 0) is 48.0 Å². The molecule has 0 aliphatic carbocycles. The predicted molar refractivity (Wildman–Crippen MR) is 102 cm³/mol. The van der Waals surface area contributed by atoms with Crippen LogP contribution in [0.25, 0.3) is 27.9 Å². The minimum atomic E-state index is -0.0111. The smallest absolute Gasteiger partial charge is 0.185 e. The second-order valence-electron chi connectivity index (χ2n) is 5.90. The molecule has 0 amide bonds. The van der Waals surface area contributed by atoms with Crippen LogP contribution in [0.4, 0.5) is 0 Å². The number of carbonyl (C=O) groups excluding carboxylic acids is 1. The van der Waals surface area contributed by atoms with Crippen LogP contribution >= 0.6 is 0 Å². The van der Waals surface area contributed by atoms with Crippen LogP contribution in [0.2, 0.25) is 0 Å². The Kier molecular flexibility index (Phi) is 3.82. The molecule has 0 aliphatic heterocycles. The van der Waals surface area contributed by atoms with Crippen molar-refractivity contribution >= 4 is 33.7 Å². The summed E-state index contributed by atoms with van der Waals surface area (Å²) in [6.45, 7) is 0.